The van der Waals surface area contributed by atoms with E-state index in [-0.39, 0.29) is 18.3 Å². The fourth-order valence-electron chi connectivity index (χ4n) is 1.82. The van der Waals surface area contributed by atoms with Gasteiger partial charge in [0.05, 0.1) is 34.7 Å². The minimum Gasteiger partial charge on any atom is -0.466 e. The summed E-state index contributed by atoms with van der Waals surface area (Å²) in [4.78, 5) is 28.1. The number of halogens is 2. The second kappa shape index (κ2) is 9.43. The van der Waals surface area contributed by atoms with Crippen molar-refractivity contribution in [3.63, 3.8) is 0 Å². The molecule has 1 heterocycles. The standard InChI is InChI=1S/C16H16Cl2N2O3S2/c1-3-23-14(21)7-11-8-24-16(19-11)25-9(2)15(22)20-13-6-10(17)4-5-12(13)18/h4-6,8-9H,3,7H2,1-2H3,(H,20,22). The molecule has 2 aromatic rings. The van der Waals surface area contributed by atoms with Gasteiger partial charge in [-0.05, 0) is 32.0 Å². The van der Waals surface area contributed by atoms with Crippen LogP contribution in [0, 0.1) is 0 Å². The SMILES string of the molecule is CCOC(=O)Cc1csc(SC(C)C(=O)Nc2cc(Cl)ccc2Cl)n1. The van der Waals surface area contributed by atoms with Gasteiger partial charge in [-0.1, -0.05) is 35.0 Å². The number of thiazole rings is 1. The van der Waals surface area contributed by atoms with Crippen LogP contribution in [0.1, 0.15) is 19.5 Å². The van der Waals surface area contributed by atoms with Crippen molar-refractivity contribution in [1.29, 1.82) is 0 Å². The number of anilines is 1. The minimum atomic E-state index is -0.392. The average molecular weight is 419 g/mol. The van der Waals surface area contributed by atoms with Crippen LogP contribution >= 0.6 is 46.3 Å². The minimum absolute atomic E-state index is 0.129. The van der Waals surface area contributed by atoms with E-state index in [2.05, 4.69) is 10.3 Å². The number of ether oxygens (including phenoxy) is 1. The summed E-state index contributed by atoms with van der Waals surface area (Å²) in [5, 5.41) is 5.06. The van der Waals surface area contributed by atoms with Gasteiger partial charge in [-0.25, -0.2) is 4.98 Å². The number of hydrogen-bond acceptors (Lipinski definition) is 6. The van der Waals surface area contributed by atoms with E-state index in [1.54, 1.807) is 37.4 Å². The van der Waals surface area contributed by atoms with Crippen molar-refractivity contribution >= 4 is 63.9 Å². The van der Waals surface area contributed by atoms with Crippen molar-refractivity contribution < 1.29 is 14.3 Å². The molecule has 0 aliphatic carbocycles. The van der Waals surface area contributed by atoms with Crippen LogP contribution in [-0.4, -0.2) is 28.7 Å². The Morgan fingerprint density at radius 2 is 2.16 bits per heavy atom. The quantitative estimate of drug-likeness (QED) is 0.522. The highest BCUT2D eigenvalue weighted by atomic mass is 35.5. The third-order valence-electron chi connectivity index (χ3n) is 2.99. The lowest BCUT2D eigenvalue weighted by molar-refractivity contribution is -0.142. The number of thioether (sulfide) groups is 1. The van der Waals surface area contributed by atoms with Gasteiger partial charge < -0.3 is 10.1 Å². The molecule has 0 aliphatic rings. The highest BCUT2D eigenvalue weighted by Crippen LogP contribution is 2.30. The molecule has 0 aliphatic heterocycles. The third kappa shape index (κ3) is 6.18. The van der Waals surface area contributed by atoms with Gasteiger partial charge in [-0.15, -0.1) is 11.3 Å². The third-order valence-corrected chi connectivity index (χ3v) is 5.68. The zero-order valence-electron chi connectivity index (χ0n) is 13.5. The number of carbonyl (C=O) groups is 2. The predicted octanol–water partition coefficient (Wildman–Crippen LogP) is 4.67. The first-order valence-electron chi connectivity index (χ1n) is 7.41. The zero-order chi connectivity index (χ0) is 18.4. The number of carbonyl (C=O) groups excluding carboxylic acids is 2. The maximum absolute atomic E-state index is 12.3. The molecular weight excluding hydrogens is 403 g/mol. The van der Waals surface area contributed by atoms with Gasteiger partial charge in [0.1, 0.15) is 0 Å². The van der Waals surface area contributed by atoms with Crippen LogP contribution in [-0.2, 0) is 20.7 Å². The van der Waals surface area contributed by atoms with Gasteiger partial charge >= 0.3 is 5.97 Å². The number of aromatic nitrogens is 1. The molecule has 0 saturated heterocycles. The first-order valence-corrected chi connectivity index (χ1v) is 9.93. The van der Waals surface area contributed by atoms with Crippen molar-refractivity contribution in [2.75, 3.05) is 11.9 Å². The summed E-state index contributed by atoms with van der Waals surface area (Å²) < 4.78 is 5.60. The molecule has 1 aromatic heterocycles. The highest BCUT2D eigenvalue weighted by molar-refractivity contribution is 8.02. The van der Waals surface area contributed by atoms with Crippen LogP contribution in [0.15, 0.2) is 27.9 Å². The van der Waals surface area contributed by atoms with E-state index < -0.39 is 5.25 Å². The Morgan fingerprint density at radius 3 is 2.88 bits per heavy atom. The van der Waals surface area contributed by atoms with Crippen molar-refractivity contribution in [3.8, 4) is 0 Å². The molecule has 1 atom stereocenters. The molecule has 0 saturated carbocycles. The molecule has 0 bridgehead atoms. The van der Waals surface area contributed by atoms with Gasteiger partial charge in [0, 0.05) is 10.4 Å². The lowest BCUT2D eigenvalue weighted by Gasteiger charge is -2.12. The first kappa shape index (κ1) is 20.0. The molecule has 0 spiro atoms. The summed E-state index contributed by atoms with van der Waals surface area (Å²) in [6.07, 6.45) is 0.129. The smallest absolute Gasteiger partial charge is 0.311 e. The van der Waals surface area contributed by atoms with Gasteiger partial charge in [-0.3, -0.25) is 9.59 Å². The Bertz CT molecular complexity index is 768. The summed E-state index contributed by atoms with van der Waals surface area (Å²) >= 11 is 14.7. The van der Waals surface area contributed by atoms with E-state index in [9.17, 15) is 9.59 Å². The molecule has 1 aromatic carbocycles. The van der Waals surface area contributed by atoms with Crippen molar-refractivity contribution in [1.82, 2.24) is 4.98 Å². The molecule has 134 valence electrons. The van der Waals surface area contributed by atoms with Crippen LogP contribution in [0.4, 0.5) is 5.69 Å². The van der Waals surface area contributed by atoms with Gasteiger partial charge in [0.2, 0.25) is 5.91 Å². The van der Waals surface area contributed by atoms with Crippen LogP contribution in [0.2, 0.25) is 10.0 Å². The fraction of sp³-hybridized carbons (Fsp3) is 0.312. The number of esters is 1. The second-order valence-corrected chi connectivity index (χ2v) is 8.25. The van der Waals surface area contributed by atoms with Crippen molar-refractivity contribution in [3.05, 3.63) is 39.3 Å². The largest absolute Gasteiger partial charge is 0.466 e. The molecule has 0 radical (unpaired) electrons. The molecule has 2 rings (SSSR count). The molecule has 0 fully saturated rings. The van der Waals surface area contributed by atoms with Gasteiger partial charge in [0.15, 0.2) is 4.34 Å². The van der Waals surface area contributed by atoms with E-state index in [1.807, 2.05) is 0 Å². The van der Waals surface area contributed by atoms with Gasteiger partial charge in [0.25, 0.3) is 0 Å². The van der Waals surface area contributed by atoms with Crippen LogP contribution in [0.3, 0.4) is 0 Å². The highest BCUT2D eigenvalue weighted by Gasteiger charge is 2.18. The van der Waals surface area contributed by atoms with E-state index >= 15 is 0 Å². The van der Waals surface area contributed by atoms with Crippen LogP contribution < -0.4 is 5.32 Å². The number of benzene rings is 1. The number of rotatable bonds is 7. The van der Waals surface area contributed by atoms with Crippen LogP contribution in [0.5, 0.6) is 0 Å². The molecule has 5 nitrogen and oxygen atoms in total. The Labute approximate surface area is 164 Å². The normalized spacial score (nSPS) is 11.8. The molecule has 9 heteroatoms. The molecule has 1 N–H and O–H groups in total. The summed E-state index contributed by atoms with van der Waals surface area (Å²) in [6, 6.07) is 4.87. The van der Waals surface area contributed by atoms with Gasteiger partial charge in [-0.2, -0.15) is 0 Å². The topological polar surface area (TPSA) is 68.3 Å². The molecule has 1 unspecified atom stereocenters. The fourth-order valence-corrected chi connectivity index (χ4v) is 4.13. The Kier molecular flexibility index (Phi) is 7.56. The predicted molar refractivity (Wildman–Crippen MR) is 103 cm³/mol. The second-order valence-electron chi connectivity index (χ2n) is 4.96. The van der Waals surface area contributed by atoms with E-state index in [0.29, 0.717) is 32.4 Å². The Balaban J connectivity index is 1.94. The monoisotopic (exact) mass is 418 g/mol. The van der Waals surface area contributed by atoms with E-state index in [4.69, 9.17) is 27.9 Å². The van der Waals surface area contributed by atoms with E-state index in [0.717, 1.165) is 0 Å². The number of nitrogens with one attached hydrogen (secondary N) is 1. The maximum atomic E-state index is 12.3. The van der Waals surface area contributed by atoms with Crippen LogP contribution in [0.25, 0.3) is 0 Å². The maximum Gasteiger partial charge on any atom is 0.311 e. The molecule has 1 amide bonds. The Hall–Kier alpha value is -1.28. The number of amides is 1. The zero-order valence-corrected chi connectivity index (χ0v) is 16.7. The summed E-state index contributed by atoms with van der Waals surface area (Å²) in [7, 11) is 0. The van der Waals surface area contributed by atoms with E-state index in [1.165, 1.54) is 23.1 Å². The van der Waals surface area contributed by atoms with Crippen molar-refractivity contribution in [2.45, 2.75) is 29.9 Å². The molecule has 25 heavy (non-hydrogen) atoms. The average Bonchev–Trinajstić information content (AvgIpc) is 2.97. The summed E-state index contributed by atoms with van der Waals surface area (Å²) in [6.45, 7) is 3.87. The number of nitrogens with zero attached hydrogens (tertiary/aromatic N) is 1. The molecular formula is C16H16Cl2N2O3S2. The Morgan fingerprint density at radius 1 is 1.40 bits per heavy atom. The van der Waals surface area contributed by atoms with Crippen molar-refractivity contribution in [2.24, 2.45) is 0 Å². The summed E-state index contributed by atoms with van der Waals surface area (Å²) in [5.74, 6) is -0.526. The number of hydrogen-bond donors (Lipinski definition) is 1. The summed E-state index contributed by atoms with van der Waals surface area (Å²) in [5.41, 5.74) is 1.10. The lowest BCUT2D eigenvalue weighted by Crippen LogP contribution is -2.22. The first-order chi connectivity index (χ1) is 11.9. The lowest BCUT2D eigenvalue weighted by atomic mass is 10.3.